The SMILES string of the molecule is Cn1c(=O)ccn1N1CCNCC1Cc1ccccc1. The minimum Gasteiger partial charge on any atom is -0.313 e. The lowest BCUT2D eigenvalue weighted by molar-refractivity contribution is 0.342. The van der Waals surface area contributed by atoms with Crippen molar-refractivity contribution in [3.63, 3.8) is 0 Å². The molecule has 0 spiro atoms. The van der Waals surface area contributed by atoms with Crippen LogP contribution in [0.15, 0.2) is 47.4 Å². The number of hydrogen-bond donors (Lipinski definition) is 1. The van der Waals surface area contributed by atoms with Gasteiger partial charge in [-0.3, -0.25) is 9.80 Å². The van der Waals surface area contributed by atoms with E-state index in [1.165, 1.54) is 5.56 Å². The molecule has 1 aromatic heterocycles. The summed E-state index contributed by atoms with van der Waals surface area (Å²) in [6, 6.07) is 12.5. The van der Waals surface area contributed by atoms with E-state index < -0.39 is 0 Å². The highest BCUT2D eigenvalue weighted by molar-refractivity contribution is 5.18. The quantitative estimate of drug-likeness (QED) is 0.876. The van der Waals surface area contributed by atoms with Crippen LogP contribution in [0.25, 0.3) is 0 Å². The minimum absolute atomic E-state index is 0.0296. The first-order valence-corrected chi connectivity index (χ1v) is 7.02. The molecule has 1 N–H and O–H groups in total. The Morgan fingerprint density at radius 1 is 1.25 bits per heavy atom. The van der Waals surface area contributed by atoms with E-state index in [-0.39, 0.29) is 5.56 Å². The number of piperazine rings is 1. The number of benzene rings is 1. The first-order valence-electron chi connectivity index (χ1n) is 7.02. The third kappa shape index (κ3) is 2.49. The Morgan fingerprint density at radius 3 is 2.75 bits per heavy atom. The Labute approximate surface area is 118 Å². The monoisotopic (exact) mass is 272 g/mol. The number of aromatic nitrogens is 2. The molecule has 2 heterocycles. The number of rotatable bonds is 3. The normalized spacial score (nSPS) is 19.2. The van der Waals surface area contributed by atoms with Crippen LogP contribution in [0.3, 0.4) is 0 Å². The van der Waals surface area contributed by atoms with Crippen molar-refractivity contribution in [3.8, 4) is 0 Å². The molecular weight excluding hydrogens is 252 g/mol. The van der Waals surface area contributed by atoms with Crippen LogP contribution in [-0.4, -0.2) is 35.1 Å². The standard InChI is InChI=1S/C15H20N4O/c1-17-15(20)7-9-19(17)18-10-8-16-12-14(18)11-13-5-3-2-4-6-13/h2-7,9,14,16H,8,10-12H2,1H3. The van der Waals surface area contributed by atoms with Gasteiger partial charge >= 0.3 is 0 Å². The summed E-state index contributed by atoms with van der Waals surface area (Å²) in [5, 5.41) is 5.71. The first kappa shape index (κ1) is 13.0. The van der Waals surface area contributed by atoms with Crippen molar-refractivity contribution in [3.05, 3.63) is 58.5 Å². The maximum atomic E-state index is 11.6. The summed E-state index contributed by atoms with van der Waals surface area (Å²) in [7, 11) is 1.81. The molecule has 2 aromatic rings. The summed E-state index contributed by atoms with van der Waals surface area (Å²) < 4.78 is 1.66. The molecule has 20 heavy (non-hydrogen) atoms. The summed E-state index contributed by atoms with van der Waals surface area (Å²) in [4.78, 5) is 13.6. The van der Waals surface area contributed by atoms with Gasteiger partial charge in [0.25, 0.3) is 5.56 Å². The van der Waals surface area contributed by atoms with Gasteiger partial charge in [-0.25, -0.2) is 9.47 Å². The molecule has 1 aliphatic heterocycles. The molecule has 0 amide bonds. The maximum absolute atomic E-state index is 11.6. The molecule has 0 saturated carbocycles. The maximum Gasteiger partial charge on any atom is 0.267 e. The molecule has 1 aliphatic rings. The Hall–Kier alpha value is -2.01. The summed E-state index contributed by atoms with van der Waals surface area (Å²) >= 11 is 0. The van der Waals surface area contributed by atoms with Gasteiger partial charge in [-0.15, -0.1) is 0 Å². The van der Waals surface area contributed by atoms with Gasteiger partial charge in [0.1, 0.15) is 0 Å². The summed E-state index contributed by atoms with van der Waals surface area (Å²) in [5.74, 6) is 0. The predicted octanol–water partition coefficient (Wildman–Crippen LogP) is 0.339. The van der Waals surface area contributed by atoms with E-state index in [1.54, 1.807) is 10.7 Å². The van der Waals surface area contributed by atoms with Gasteiger partial charge in [-0.1, -0.05) is 30.3 Å². The second-order valence-electron chi connectivity index (χ2n) is 5.21. The van der Waals surface area contributed by atoms with Crippen molar-refractivity contribution in [2.45, 2.75) is 12.5 Å². The second kappa shape index (κ2) is 5.54. The average molecular weight is 272 g/mol. The van der Waals surface area contributed by atoms with Gasteiger partial charge in [0.05, 0.1) is 12.2 Å². The molecule has 5 nitrogen and oxygen atoms in total. The molecule has 0 bridgehead atoms. The topological polar surface area (TPSA) is 42.2 Å². The van der Waals surface area contributed by atoms with Crippen molar-refractivity contribution < 1.29 is 0 Å². The lowest BCUT2D eigenvalue weighted by Gasteiger charge is -2.39. The van der Waals surface area contributed by atoms with Crippen LogP contribution in [0.1, 0.15) is 5.56 Å². The molecule has 1 fully saturated rings. The van der Waals surface area contributed by atoms with Crippen LogP contribution in [0.5, 0.6) is 0 Å². The van der Waals surface area contributed by atoms with Crippen LogP contribution in [0, 0.1) is 0 Å². The number of nitrogens with zero attached hydrogens (tertiary/aromatic N) is 3. The summed E-state index contributed by atoms with van der Waals surface area (Å²) in [5.41, 5.74) is 1.35. The fourth-order valence-electron chi connectivity index (χ4n) is 2.78. The third-order valence-corrected chi connectivity index (χ3v) is 3.87. The molecule has 0 radical (unpaired) electrons. The summed E-state index contributed by atoms with van der Waals surface area (Å²) in [6.07, 6.45) is 2.83. The van der Waals surface area contributed by atoms with E-state index in [0.717, 1.165) is 26.1 Å². The Kier molecular flexibility index (Phi) is 3.60. The lowest BCUT2D eigenvalue weighted by atomic mass is 10.0. The molecule has 1 saturated heterocycles. The zero-order valence-electron chi connectivity index (χ0n) is 11.7. The van der Waals surface area contributed by atoms with Crippen molar-refractivity contribution in [2.75, 3.05) is 24.6 Å². The Balaban J connectivity index is 1.84. The van der Waals surface area contributed by atoms with E-state index in [1.807, 2.05) is 24.1 Å². The number of hydrogen-bond acceptors (Lipinski definition) is 3. The predicted molar refractivity (Wildman–Crippen MR) is 79.6 cm³/mol. The van der Waals surface area contributed by atoms with Crippen molar-refractivity contribution in [1.29, 1.82) is 0 Å². The van der Waals surface area contributed by atoms with Crippen LogP contribution in [0.2, 0.25) is 0 Å². The van der Waals surface area contributed by atoms with Gasteiger partial charge < -0.3 is 5.32 Å². The Morgan fingerprint density at radius 2 is 2.05 bits per heavy atom. The zero-order valence-corrected chi connectivity index (χ0v) is 11.7. The largest absolute Gasteiger partial charge is 0.313 e. The molecule has 1 atom stereocenters. The van der Waals surface area contributed by atoms with Crippen LogP contribution < -0.4 is 15.9 Å². The van der Waals surface area contributed by atoms with Crippen molar-refractivity contribution in [2.24, 2.45) is 7.05 Å². The highest BCUT2D eigenvalue weighted by Gasteiger charge is 2.23. The van der Waals surface area contributed by atoms with Crippen LogP contribution in [0.4, 0.5) is 0 Å². The van der Waals surface area contributed by atoms with Gasteiger partial charge in [-0.2, -0.15) is 0 Å². The molecule has 106 valence electrons. The minimum atomic E-state index is 0.0296. The highest BCUT2D eigenvalue weighted by atomic mass is 16.1. The second-order valence-corrected chi connectivity index (χ2v) is 5.21. The lowest BCUT2D eigenvalue weighted by Crippen LogP contribution is -2.58. The highest BCUT2D eigenvalue weighted by Crippen LogP contribution is 2.10. The van der Waals surface area contributed by atoms with Crippen LogP contribution in [-0.2, 0) is 13.5 Å². The fourth-order valence-corrected chi connectivity index (χ4v) is 2.78. The molecule has 5 heteroatoms. The van der Waals surface area contributed by atoms with E-state index in [4.69, 9.17) is 0 Å². The smallest absolute Gasteiger partial charge is 0.267 e. The van der Waals surface area contributed by atoms with Gasteiger partial charge in [0.15, 0.2) is 0 Å². The number of nitrogens with one attached hydrogen (secondary N) is 1. The zero-order chi connectivity index (χ0) is 13.9. The van der Waals surface area contributed by atoms with Gasteiger partial charge in [-0.05, 0) is 12.0 Å². The van der Waals surface area contributed by atoms with Crippen LogP contribution >= 0.6 is 0 Å². The molecule has 1 unspecified atom stereocenters. The Bertz CT molecular complexity index is 616. The van der Waals surface area contributed by atoms with E-state index in [0.29, 0.717) is 6.04 Å². The first-order chi connectivity index (χ1) is 9.75. The summed E-state index contributed by atoms with van der Waals surface area (Å²) in [6.45, 7) is 2.78. The molecule has 1 aromatic carbocycles. The fraction of sp³-hybridized carbons (Fsp3) is 0.400. The van der Waals surface area contributed by atoms with Gasteiger partial charge in [0.2, 0.25) is 0 Å². The average Bonchev–Trinajstić information content (AvgIpc) is 2.81. The van der Waals surface area contributed by atoms with Gasteiger partial charge in [0, 0.05) is 32.7 Å². The molecular formula is C15H20N4O. The van der Waals surface area contributed by atoms with E-state index in [9.17, 15) is 4.79 Å². The van der Waals surface area contributed by atoms with E-state index >= 15 is 0 Å². The van der Waals surface area contributed by atoms with Crippen molar-refractivity contribution >= 4 is 0 Å². The van der Waals surface area contributed by atoms with Crippen molar-refractivity contribution in [1.82, 2.24) is 14.8 Å². The third-order valence-electron chi connectivity index (χ3n) is 3.87. The molecule has 3 rings (SSSR count). The van der Waals surface area contributed by atoms with E-state index in [2.05, 4.69) is 34.6 Å². The molecule has 0 aliphatic carbocycles.